The van der Waals surface area contributed by atoms with E-state index >= 15 is 0 Å². The fraction of sp³-hybridized carbons (Fsp3) is 0.600. The largest absolute Gasteiger partial charge is 0.442 e. The van der Waals surface area contributed by atoms with Crippen molar-refractivity contribution in [3.8, 4) is 0 Å². The van der Waals surface area contributed by atoms with Crippen molar-refractivity contribution >= 4 is 17.9 Å². The van der Waals surface area contributed by atoms with Crippen molar-refractivity contribution in [2.24, 2.45) is 0 Å². The van der Waals surface area contributed by atoms with Gasteiger partial charge in [-0.1, -0.05) is 6.07 Å². The van der Waals surface area contributed by atoms with E-state index in [1.807, 2.05) is 39.0 Å². The van der Waals surface area contributed by atoms with Crippen LogP contribution in [0.3, 0.4) is 0 Å². The lowest BCUT2D eigenvalue weighted by Crippen LogP contribution is -2.44. The van der Waals surface area contributed by atoms with Crippen molar-refractivity contribution in [1.82, 2.24) is 9.88 Å². The Morgan fingerprint density at radius 3 is 2.65 bits per heavy atom. The maximum absolute atomic E-state index is 12.1. The minimum Gasteiger partial charge on any atom is -0.442 e. The molecule has 1 heterocycles. The Morgan fingerprint density at radius 1 is 1.45 bits per heavy atom. The summed E-state index contributed by atoms with van der Waals surface area (Å²) in [6, 6.07) is 5.84. The molecule has 0 saturated heterocycles. The third-order valence-corrected chi connectivity index (χ3v) is 4.72. The molecule has 0 N–H and O–H groups in total. The van der Waals surface area contributed by atoms with Crippen molar-refractivity contribution in [3.63, 3.8) is 0 Å². The second kappa shape index (κ2) is 5.64. The molecule has 0 atom stereocenters. The molecule has 2 rings (SSSR count). The molecular weight excluding hydrogens is 272 g/mol. The van der Waals surface area contributed by atoms with Crippen LogP contribution in [0.4, 0.5) is 4.79 Å². The highest BCUT2D eigenvalue weighted by molar-refractivity contribution is 7.99. The highest BCUT2D eigenvalue weighted by Gasteiger charge is 2.48. The molecule has 0 radical (unpaired) electrons. The Bertz CT molecular complexity index is 467. The number of nitrogens with zero attached hydrogens (tertiary/aromatic N) is 2. The summed E-state index contributed by atoms with van der Waals surface area (Å²) in [4.78, 5) is 18.1. The van der Waals surface area contributed by atoms with E-state index in [0.717, 1.165) is 23.6 Å². The van der Waals surface area contributed by atoms with Gasteiger partial charge in [0, 0.05) is 24.5 Å². The Kier molecular flexibility index (Phi) is 4.28. The van der Waals surface area contributed by atoms with Gasteiger partial charge < -0.3 is 9.64 Å². The molecule has 1 aromatic heterocycles. The predicted molar refractivity (Wildman–Crippen MR) is 80.9 cm³/mol. The summed E-state index contributed by atoms with van der Waals surface area (Å²) in [7, 11) is 1.78. The molecule has 1 aliphatic carbocycles. The van der Waals surface area contributed by atoms with Crippen LogP contribution in [0, 0.1) is 0 Å². The number of carbonyl (C=O) groups excluding carboxylic acids is 1. The highest BCUT2D eigenvalue weighted by atomic mass is 32.2. The topological polar surface area (TPSA) is 42.4 Å². The first-order valence-electron chi connectivity index (χ1n) is 6.83. The highest BCUT2D eigenvalue weighted by Crippen LogP contribution is 2.44. The summed E-state index contributed by atoms with van der Waals surface area (Å²) in [5.41, 5.74) is -0.514. The van der Waals surface area contributed by atoms with Gasteiger partial charge in [-0.3, -0.25) is 0 Å². The molecule has 1 fully saturated rings. The number of hydrogen-bond acceptors (Lipinski definition) is 4. The molecule has 110 valence electrons. The first-order valence-corrected chi connectivity index (χ1v) is 7.82. The van der Waals surface area contributed by atoms with Gasteiger partial charge >= 0.3 is 6.09 Å². The molecule has 1 amide bonds. The Hall–Kier alpha value is -1.23. The SMILES string of the molecule is CN(C(=O)OC1(CSc2ccccn2)CC1)C(C)(C)C. The standard InChI is InChI=1S/C15H22N2O2S/c1-14(2,3)17(4)13(18)19-15(8-9-15)11-20-12-7-5-6-10-16-12/h5-7,10H,8-9,11H2,1-4H3. The summed E-state index contributed by atoms with van der Waals surface area (Å²) in [6.45, 7) is 5.99. The number of aromatic nitrogens is 1. The van der Waals surface area contributed by atoms with Crippen molar-refractivity contribution in [2.45, 2.75) is 49.8 Å². The summed E-state index contributed by atoms with van der Waals surface area (Å²) in [5.74, 6) is 0.772. The zero-order valence-corrected chi connectivity index (χ0v) is 13.4. The molecule has 0 bridgehead atoms. The van der Waals surface area contributed by atoms with Gasteiger partial charge in [-0.25, -0.2) is 9.78 Å². The average molecular weight is 294 g/mol. The number of carbonyl (C=O) groups is 1. The van der Waals surface area contributed by atoms with Crippen molar-refractivity contribution in [3.05, 3.63) is 24.4 Å². The quantitative estimate of drug-likeness (QED) is 0.796. The molecule has 1 aliphatic rings. The molecule has 1 saturated carbocycles. The van der Waals surface area contributed by atoms with Crippen molar-refractivity contribution < 1.29 is 9.53 Å². The van der Waals surface area contributed by atoms with Gasteiger partial charge in [-0.2, -0.15) is 0 Å². The molecule has 0 spiro atoms. The van der Waals surface area contributed by atoms with Crippen molar-refractivity contribution in [2.75, 3.05) is 12.8 Å². The molecule has 4 nitrogen and oxygen atoms in total. The van der Waals surface area contributed by atoms with Crippen molar-refractivity contribution in [1.29, 1.82) is 0 Å². The van der Waals surface area contributed by atoms with Crippen LogP contribution in [0.2, 0.25) is 0 Å². The normalized spacial score (nSPS) is 16.6. The number of hydrogen-bond donors (Lipinski definition) is 0. The third-order valence-electron chi connectivity index (χ3n) is 3.51. The fourth-order valence-electron chi connectivity index (χ4n) is 1.58. The number of amides is 1. The maximum atomic E-state index is 12.1. The van der Waals surface area contributed by atoms with E-state index in [2.05, 4.69) is 4.98 Å². The predicted octanol–water partition coefficient (Wildman–Crippen LogP) is 3.57. The third kappa shape index (κ3) is 3.88. The Morgan fingerprint density at radius 2 is 2.15 bits per heavy atom. The summed E-state index contributed by atoms with van der Waals surface area (Å²) in [5, 5.41) is 0.971. The lowest BCUT2D eigenvalue weighted by Gasteiger charge is -2.32. The Balaban J connectivity index is 1.88. The van der Waals surface area contributed by atoms with Gasteiger partial charge in [-0.05, 0) is 45.7 Å². The van der Waals surface area contributed by atoms with Crippen LogP contribution in [0.1, 0.15) is 33.6 Å². The Labute approximate surface area is 124 Å². The molecular formula is C15H22N2O2S. The van der Waals surface area contributed by atoms with Gasteiger partial charge in [0.15, 0.2) is 0 Å². The fourth-order valence-corrected chi connectivity index (χ4v) is 2.65. The molecule has 0 aliphatic heterocycles. The molecule has 0 unspecified atom stereocenters. The van der Waals surface area contributed by atoms with Gasteiger partial charge in [0.1, 0.15) is 5.60 Å². The smallest absolute Gasteiger partial charge is 0.410 e. The summed E-state index contributed by atoms with van der Waals surface area (Å²) in [6.07, 6.45) is 3.42. The van der Waals surface area contributed by atoms with E-state index in [1.54, 1.807) is 29.9 Å². The van der Waals surface area contributed by atoms with Gasteiger partial charge in [0.05, 0.1) is 5.03 Å². The van der Waals surface area contributed by atoms with Crippen LogP contribution in [-0.2, 0) is 4.74 Å². The van der Waals surface area contributed by atoms with E-state index in [0.29, 0.717) is 0 Å². The molecule has 1 aromatic rings. The summed E-state index contributed by atoms with van der Waals surface area (Å²) < 4.78 is 5.70. The minimum absolute atomic E-state index is 0.221. The first kappa shape index (κ1) is 15.2. The number of thioether (sulfide) groups is 1. The zero-order chi connectivity index (χ0) is 14.8. The van der Waals surface area contributed by atoms with E-state index in [9.17, 15) is 4.79 Å². The van der Waals surface area contributed by atoms with Gasteiger partial charge in [-0.15, -0.1) is 11.8 Å². The van der Waals surface area contributed by atoms with E-state index in [-0.39, 0.29) is 17.2 Å². The van der Waals surface area contributed by atoms with Crippen LogP contribution in [0.15, 0.2) is 29.4 Å². The van der Waals surface area contributed by atoms with Crippen LogP contribution in [-0.4, -0.2) is 39.9 Å². The van der Waals surface area contributed by atoms with Gasteiger partial charge in [0.2, 0.25) is 0 Å². The van der Waals surface area contributed by atoms with Crippen LogP contribution in [0.5, 0.6) is 0 Å². The second-order valence-electron chi connectivity index (χ2n) is 6.24. The first-order chi connectivity index (χ1) is 9.32. The minimum atomic E-state index is -0.293. The van der Waals surface area contributed by atoms with Crippen LogP contribution in [0.25, 0.3) is 0 Å². The average Bonchev–Trinajstić information content (AvgIpc) is 3.16. The number of ether oxygens (including phenoxy) is 1. The number of pyridine rings is 1. The maximum Gasteiger partial charge on any atom is 0.410 e. The lowest BCUT2D eigenvalue weighted by molar-refractivity contribution is 0.0453. The molecule has 20 heavy (non-hydrogen) atoms. The number of rotatable bonds is 4. The zero-order valence-electron chi connectivity index (χ0n) is 12.5. The van der Waals surface area contributed by atoms with E-state index in [1.165, 1.54) is 0 Å². The summed E-state index contributed by atoms with van der Waals surface area (Å²) >= 11 is 1.64. The van der Waals surface area contributed by atoms with Gasteiger partial charge in [0.25, 0.3) is 0 Å². The van der Waals surface area contributed by atoms with E-state index < -0.39 is 0 Å². The second-order valence-corrected chi connectivity index (χ2v) is 7.23. The molecule has 0 aromatic carbocycles. The van der Waals surface area contributed by atoms with Crippen LogP contribution >= 0.6 is 11.8 Å². The van der Waals surface area contributed by atoms with E-state index in [4.69, 9.17) is 4.74 Å². The monoisotopic (exact) mass is 294 g/mol. The molecule has 5 heteroatoms. The van der Waals surface area contributed by atoms with Crippen LogP contribution < -0.4 is 0 Å². The lowest BCUT2D eigenvalue weighted by atomic mass is 10.1.